The van der Waals surface area contributed by atoms with Crippen LogP contribution in [-0.4, -0.2) is 53.1 Å². The van der Waals surface area contributed by atoms with Crippen LogP contribution in [0, 0.1) is 0 Å². The molecule has 1 saturated heterocycles. The highest BCUT2D eigenvalue weighted by atomic mass is 16.2. The lowest BCUT2D eigenvalue weighted by atomic mass is 10.1. The van der Waals surface area contributed by atoms with Gasteiger partial charge in [0.25, 0.3) is 0 Å². The number of carbonyl (C=O) groups excluding carboxylic acids is 3. The number of nitrogens with zero attached hydrogens (tertiary/aromatic N) is 2. The summed E-state index contributed by atoms with van der Waals surface area (Å²) < 4.78 is 0. The molecule has 2 rings (SSSR count). The summed E-state index contributed by atoms with van der Waals surface area (Å²) in [5.74, 6) is -0.0997. The molecule has 0 saturated carbocycles. The summed E-state index contributed by atoms with van der Waals surface area (Å²) in [6.45, 7) is 5.80. The Bertz CT molecular complexity index is 582. The Morgan fingerprint density at radius 3 is 2.38 bits per heavy atom. The predicted octanol–water partition coefficient (Wildman–Crippen LogP) is 2.51. The number of benzene rings is 1. The van der Waals surface area contributed by atoms with Crippen LogP contribution in [0.1, 0.15) is 49.9 Å². The molecule has 1 atom stereocenters. The summed E-state index contributed by atoms with van der Waals surface area (Å²) in [7, 11) is 0. The molecule has 0 radical (unpaired) electrons. The van der Waals surface area contributed by atoms with E-state index in [1.807, 2.05) is 32.0 Å². The van der Waals surface area contributed by atoms with Gasteiger partial charge in [0.15, 0.2) is 5.78 Å². The van der Waals surface area contributed by atoms with Crippen LogP contribution in [0.2, 0.25) is 0 Å². The van der Waals surface area contributed by atoms with Crippen LogP contribution in [-0.2, 0) is 9.59 Å². The van der Waals surface area contributed by atoms with Crippen LogP contribution < -0.4 is 0 Å². The lowest BCUT2D eigenvalue weighted by molar-refractivity contribution is -0.143. The van der Waals surface area contributed by atoms with E-state index in [0.29, 0.717) is 31.6 Å². The van der Waals surface area contributed by atoms with Gasteiger partial charge in [-0.3, -0.25) is 14.4 Å². The minimum absolute atomic E-state index is 0.0280. The van der Waals surface area contributed by atoms with Crippen molar-refractivity contribution in [3.63, 3.8) is 0 Å². The van der Waals surface area contributed by atoms with Crippen LogP contribution in [0.5, 0.6) is 0 Å². The number of carbonyl (C=O) groups is 3. The number of rotatable bonds is 7. The molecular formula is C19H26N2O3. The number of ketones is 1. The second-order valence-corrected chi connectivity index (χ2v) is 6.04. The fourth-order valence-electron chi connectivity index (χ4n) is 3.20. The summed E-state index contributed by atoms with van der Waals surface area (Å²) in [5, 5.41) is 0. The van der Waals surface area contributed by atoms with Crippen molar-refractivity contribution in [3.8, 4) is 0 Å². The topological polar surface area (TPSA) is 57.7 Å². The molecule has 1 fully saturated rings. The summed E-state index contributed by atoms with van der Waals surface area (Å²) in [6.07, 6.45) is 1.91. The Morgan fingerprint density at radius 2 is 1.75 bits per heavy atom. The summed E-state index contributed by atoms with van der Waals surface area (Å²) >= 11 is 0. The van der Waals surface area contributed by atoms with Crippen molar-refractivity contribution < 1.29 is 14.4 Å². The summed E-state index contributed by atoms with van der Waals surface area (Å²) in [6, 6.07) is 8.65. The molecule has 1 aromatic carbocycles. The number of amides is 2. The number of Topliss-reactive ketones (excluding diaryl/α,β-unsaturated/α-hetero) is 1. The molecule has 2 amide bonds. The summed E-state index contributed by atoms with van der Waals surface area (Å²) in [5.41, 5.74) is 0.627. The molecule has 1 aliphatic heterocycles. The van der Waals surface area contributed by atoms with Crippen molar-refractivity contribution in [1.29, 1.82) is 0 Å². The Hall–Kier alpha value is -2.17. The largest absolute Gasteiger partial charge is 0.341 e. The highest BCUT2D eigenvalue weighted by molar-refractivity contribution is 5.98. The van der Waals surface area contributed by atoms with E-state index >= 15 is 0 Å². The van der Waals surface area contributed by atoms with Crippen molar-refractivity contribution in [2.45, 2.75) is 45.6 Å². The fraction of sp³-hybridized carbons (Fsp3) is 0.526. The molecule has 0 aliphatic carbocycles. The normalized spacial score (nSPS) is 16.9. The molecule has 24 heavy (non-hydrogen) atoms. The van der Waals surface area contributed by atoms with Gasteiger partial charge in [-0.25, -0.2) is 0 Å². The first-order chi connectivity index (χ1) is 11.6. The van der Waals surface area contributed by atoms with Crippen LogP contribution in [0.25, 0.3) is 0 Å². The molecule has 1 aromatic rings. The van der Waals surface area contributed by atoms with Gasteiger partial charge in [-0.05, 0) is 26.7 Å². The average Bonchev–Trinajstić information content (AvgIpc) is 3.11. The van der Waals surface area contributed by atoms with E-state index < -0.39 is 0 Å². The zero-order valence-corrected chi connectivity index (χ0v) is 14.5. The van der Waals surface area contributed by atoms with Crippen molar-refractivity contribution >= 4 is 17.6 Å². The molecule has 0 spiro atoms. The van der Waals surface area contributed by atoms with Gasteiger partial charge in [-0.2, -0.15) is 0 Å². The molecule has 5 nitrogen and oxygen atoms in total. The summed E-state index contributed by atoms with van der Waals surface area (Å²) in [4.78, 5) is 40.6. The maximum Gasteiger partial charge on any atom is 0.245 e. The van der Waals surface area contributed by atoms with E-state index in [9.17, 15) is 14.4 Å². The van der Waals surface area contributed by atoms with Gasteiger partial charge >= 0.3 is 0 Å². The molecule has 0 unspecified atom stereocenters. The minimum Gasteiger partial charge on any atom is -0.341 e. The van der Waals surface area contributed by atoms with Crippen LogP contribution in [0.15, 0.2) is 30.3 Å². The maximum atomic E-state index is 12.5. The second-order valence-electron chi connectivity index (χ2n) is 6.04. The van der Waals surface area contributed by atoms with Crippen molar-refractivity contribution in [2.75, 3.05) is 19.6 Å². The van der Waals surface area contributed by atoms with Crippen LogP contribution in [0.4, 0.5) is 0 Å². The SMILES string of the molecule is CCN(CC)C(=O)[C@H]1CCCN1C(=O)CCC(=O)c1ccccc1. The first-order valence-electron chi connectivity index (χ1n) is 8.75. The fourth-order valence-corrected chi connectivity index (χ4v) is 3.20. The lowest BCUT2D eigenvalue weighted by Gasteiger charge is -2.29. The van der Waals surface area contributed by atoms with E-state index in [2.05, 4.69) is 0 Å². The van der Waals surface area contributed by atoms with Gasteiger partial charge in [0.2, 0.25) is 11.8 Å². The molecular weight excluding hydrogens is 304 g/mol. The molecule has 0 aromatic heterocycles. The zero-order chi connectivity index (χ0) is 17.5. The van der Waals surface area contributed by atoms with Gasteiger partial charge < -0.3 is 9.80 Å². The minimum atomic E-state index is -0.357. The van der Waals surface area contributed by atoms with Crippen molar-refractivity contribution in [2.24, 2.45) is 0 Å². The van der Waals surface area contributed by atoms with Gasteiger partial charge in [0.1, 0.15) is 6.04 Å². The second kappa shape index (κ2) is 8.62. The van der Waals surface area contributed by atoms with E-state index in [-0.39, 0.29) is 36.5 Å². The third-order valence-corrected chi connectivity index (χ3v) is 4.60. The van der Waals surface area contributed by atoms with E-state index in [1.54, 1.807) is 21.9 Å². The van der Waals surface area contributed by atoms with E-state index in [0.717, 1.165) is 6.42 Å². The van der Waals surface area contributed by atoms with Gasteiger partial charge in [-0.1, -0.05) is 30.3 Å². The van der Waals surface area contributed by atoms with Crippen LogP contribution >= 0.6 is 0 Å². The lowest BCUT2D eigenvalue weighted by Crippen LogP contribution is -2.47. The highest BCUT2D eigenvalue weighted by Gasteiger charge is 2.35. The maximum absolute atomic E-state index is 12.5. The predicted molar refractivity (Wildman–Crippen MR) is 92.7 cm³/mol. The molecule has 1 aliphatic rings. The number of likely N-dealkylation sites (N-methyl/N-ethyl adjacent to an activating group) is 1. The van der Waals surface area contributed by atoms with E-state index in [1.165, 1.54) is 0 Å². The Balaban J connectivity index is 1.93. The Morgan fingerprint density at radius 1 is 1.08 bits per heavy atom. The molecule has 0 N–H and O–H groups in total. The smallest absolute Gasteiger partial charge is 0.245 e. The Kier molecular flexibility index (Phi) is 6.53. The number of hydrogen-bond donors (Lipinski definition) is 0. The molecule has 130 valence electrons. The van der Waals surface area contributed by atoms with Crippen LogP contribution in [0.3, 0.4) is 0 Å². The monoisotopic (exact) mass is 330 g/mol. The van der Waals surface area contributed by atoms with Gasteiger partial charge in [0.05, 0.1) is 0 Å². The number of likely N-dealkylation sites (tertiary alicyclic amines) is 1. The average molecular weight is 330 g/mol. The van der Waals surface area contributed by atoms with Gasteiger partial charge in [0, 0.05) is 38.0 Å². The molecule has 1 heterocycles. The Labute approximate surface area is 143 Å². The molecule has 5 heteroatoms. The third kappa shape index (κ3) is 4.22. The first kappa shape index (κ1) is 18.2. The van der Waals surface area contributed by atoms with Gasteiger partial charge in [-0.15, -0.1) is 0 Å². The highest BCUT2D eigenvalue weighted by Crippen LogP contribution is 2.21. The third-order valence-electron chi connectivity index (χ3n) is 4.60. The number of hydrogen-bond acceptors (Lipinski definition) is 3. The van der Waals surface area contributed by atoms with Crippen molar-refractivity contribution in [3.05, 3.63) is 35.9 Å². The standard InChI is InChI=1S/C19H26N2O3/c1-3-20(4-2)19(24)16-11-8-14-21(16)18(23)13-12-17(22)15-9-6-5-7-10-15/h5-7,9-10,16H,3-4,8,11-14H2,1-2H3/t16-/m1/s1. The quantitative estimate of drug-likeness (QED) is 0.722. The van der Waals surface area contributed by atoms with Crippen molar-refractivity contribution in [1.82, 2.24) is 9.80 Å². The van der Waals surface area contributed by atoms with E-state index in [4.69, 9.17) is 0 Å². The molecule has 0 bridgehead atoms. The first-order valence-corrected chi connectivity index (χ1v) is 8.75. The zero-order valence-electron chi connectivity index (χ0n) is 14.5.